The van der Waals surface area contributed by atoms with E-state index in [9.17, 15) is 4.79 Å². The van der Waals surface area contributed by atoms with E-state index < -0.39 is 5.54 Å². The summed E-state index contributed by atoms with van der Waals surface area (Å²) in [6, 6.07) is 0.522. The van der Waals surface area contributed by atoms with Crippen molar-refractivity contribution >= 4 is 5.97 Å². The fraction of sp³-hybridized carbons (Fsp3) is 0.938. The second-order valence-electron chi connectivity index (χ2n) is 6.64. The van der Waals surface area contributed by atoms with Crippen LogP contribution < -0.4 is 5.32 Å². The van der Waals surface area contributed by atoms with Crippen LogP contribution in [0.4, 0.5) is 0 Å². The van der Waals surface area contributed by atoms with Gasteiger partial charge in [0, 0.05) is 19.1 Å². The van der Waals surface area contributed by atoms with Gasteiger partial charge in [-0.15, -0.1) is 0 Å². The molecule has 2 rings (SSSR count). The molecule has 0 aromatic rings. The Balaban J connectivity index is 2.16. The van der Waals surface area contributed by atoms with Gasteiger partial charge in [0.05, 0.1) is 7.11 Å². The molecule has 2 unspecified atom stereocenters. The van der Waals surface area contributed by atoms with Gasteiger partial charge in [-0.25, -0.2) is 4.79 Å². The molecule has 0 spiro atoms. The summed E-state index contributed by atoms with van der Waals surface area (Å²) >= 11 is 0. The van der Waals surface area contributed by atoms with Crippen molar-refractivity contribution in [2.45, 2.75) is 44.2 Å². The van der Waals surface area contributed by atoms with Crippen LogP contribution in [-0.4, -0.2) is 74.7 Å². The van der Waals surface area contributed by atoms with Gasteiger partial charge in [-0.3, -0.25) is 4.90 Å². The van der Waals surface area contributed by atoms with E-state index in [0.717, 1.165) is 45.4 Å². The quantitative estimate of drug-likeness (QED) is 0.739. The summed E-state index contributed by atoms with van der Waals surface area (Å²) in [5, 5.41) is 3.32. The van der Waals surface area contributed by atoms with Crippen molar-refractivity contribution in [1.82, 2.24) is 15.1 Å². The van der Waals surface area contributed by atoms with Gasteiger partial charge in [0.2, 0.25) is 0 Å². The third-order valence-corrected chi connectivity index (χ3v) is 5.22. The molecule has 0 radical (unpaired) electrons. The largest absolute Gasteiger partial charge is 0.468 e. The summed E-state index contributed by atoms with van der Waals surface area (Å²) in [5.41, 5.74) is -0.523. The number of nitrogens with zero attached hydrogens (tertiary/aromatic N) is 2. The van der Waals surface area contributed by atoms with Crippen LogP contribution in [0.1, 0.15) is 32.6 Å². The smallest absolute Gasteiger partial charge is 0.327 e. The van der Waals surface area contributed by atoms with E-state index in [1.54, 1.807) is 0 Å². The van der Waals surface area contributed by atoms with Crippen LogP contribution in [-0.2, 0) is 9.53 Å². The van der Waals surface area contributed by atoms with Gasteiger partial charge >= 0.3 is 5.97 Å². The first-order valence-electron chi connectivity index (χ1n) is 8.27. The van der Waals surface area contributed by atoms with E-state index in [0.29, 0.717) is 12.0 Å². The molecular formula is C16H31N3O2. The van der Waals surface area contributed by atoms with Gasteiger partial charge in [0.15, 0.2) is 0 Å². The highest BCUT2D eigenvalue weighted by atomic mass is 16.5. The standard InChI is InChI=1S/C16H31N3O2/c1-5-14-11-18(3)9-6-10-19(14)12-16(17-2,13-7-8-13)15(20)21-4/h13-14,17H,5-12H2,1-4H3. The molecule has 5 nitrogen and oxygen atoms in total. The van der Waals surface area contributed by atoms with E-state index in [2.05, 4.69) is 29.1 Å². The van der Waals surface area contributed by atoms with Gasteiger partial charge in [-0.2, -0.15) is 0 Å². The Bertz CT molecular complexity index is 359. The molecule has 21 heavy (non-hydrogen) atoms. The summed E-state index contributed by atoms with van der Waals surface area (Å²) in [7, 11) is 5.60. The maximum Gasteiger partial charge on any atom is 0.327 e. The highest BCUT2D eigenvalue weighted by Crippen LogP contribution is 2.41. The topological polar surface area (TPSA) is 44.8 Å². The first-order chi connectivity index (χ1) is 10.1. The molecule has 1 heterocycles. The average molecular weight is 297 g/mol. The Kier molecular flexibility index (Phi) is 5.63. The first-order valence-corrected chi connectivity index (χ1v) is 8.27. The molecule has 2 fully saturated rings. The van der Waals surface area contributed by atoms with Gasteiger partial charge < -0.3 is 15.0 Å². The van der Waals surface area contributed by atoms with E-state index >= 15 is 0 Å². The van der Waals surface area contributed by atoms with Crippen molar-refractivity contribution in [3.8, 4) is 0 Å². The van der Waals surface area contributed by atoms with Crippen LogP contribution in [0.2, 0.25) is 0 Å². The number of carbonyl (C=O) groups is 1. The van der Waals surface area contributed by atoms with Crippen molar-refractivity contribution in [3.05, 3.63) is 0 Å². The fourth-order valence-corrected chi connectivity index (χ4v) is 3.71. The summed E-state index contributed by atoms with van der Waals surface area (Å²) in [4.78, 5) is 17.4. The number of methoxy groups -OCH3 is 1. The monoisotopic (exact) mass is 297 g/mol. The number of nitrogens with one attached hydrogen (secondary N) is 1. The normalized spacial score (nSPS) is 27.9. The first kappa shape index (κ1) is 16.7. The number of esters is 1. The Morgan fingerprint density at radius 3 is 2.62 bits per heavy atom. The van der Waals surface area contributed by atoms with Crippen molar-refractivity contribution in [1.29, 1.82) is 0 Å². The molecule has 1 N–H and O–H groups in total. The van der Waals surface area contributed by atoms with Gasteiger partial charge in [0.25, 0.3) is 0 Å². The molecule has 0 aromatic carbocycles. The lowest BCUT2D eigenvalue weighted by molar-refractivity contribution is -0.150. The Morgan fingerprint density at radius 2 is 2.10 bits per heavy atom. The molecule has 1 saturated heterocycles. The molecule has 0 bridgehead atoms. The fourth-order valence-electron chi connectivity index (χ4n) is 3.71. The van der Waals surface area contributed by atoms with Gasteiger partial charge in [0.1, 0.15) is 5.54 Å². The molecule has 0 amide bonds. The summed E-state index contributed by atoms with van der Waals surface area (Å²) in [6.07, 6.45) is 4.54. The number of rotatable bonds is 6. The van der Waals surface area contributed by atoms with E-state index in [1.165, 1.54) is 13.5 Å². The lowest BCUT2D eigenvalue weighted by Crippen LogP contribution is -2.61. The molecule has 2 atom stereocenters. The van der Waals surface area contributed by atoms with Crippen LogP contribution in [0.3, 0.4) is 0 Å². The zero-order chi connectivity index (χ0) is 15.5. The number of ether oxygens (including phenoxy) is 1. The summed E-state index contributed by atoms with van der Waals surface area (Å²) in [6.45, 7) is 6.31. The van der Waals surface area contributed by atoms with E-state index in [-0.39, 0.29) is 5.97 Å². The minimum absolute atomic E-state index is 0.0973. The predicted octanol–water partition coefficient (Wildman–Crippen LogP) is 0.944. The third-order valence-electron chi connectivity index (χ3n) is 5.22. The molecular weight excluding hydrogens is 266 g/mol. The molecule has 2 aliphatic rings. The number of hydrogen-bond donors (Lipinski definition) is 1. The van der Waals surface area contributed by atoms with Crippen LogP contribution in [0, 0.1) is 5.92 Å². The summed E-state index contributed by atoms with van der Waals surface area (Å²) < 4.78 is 5.13. The number of hydrogen-bond acceptors (Lipinski definition) is 5. The van der Waals surface area contributed by atoms with E-state index in [4.69, 9.17) is 4.74 Å². The molecule has 122 valence electrons. The molecule has 5 heteroatoms. The zero-order valence-electron chi connectivity index (χ0n) is 14.0. The van der Waals surface area contributed by atoms with Gasteiger partial charge in [-0.1, -0.05) is 6.92 Å². The lowest BCUT2D eigenvalue weighted by atomic mass is 9.91. The highest BCUT2D eigenvalue weighted by Gasteiger charge is 2.52. The minimum atomic E-state index is -0.523. The maximum absolute atomic E-state index is 12.4. The van der Waals surface area contributed by atoms with Crippen molar-refractivity contribution < 1.29 is 9.53 Å². The number of likely N-dealkylation sites (N-methyl/N-ethyl adjacent to an activating group) is 2. The van der Waals surface area contributed by atoms with Crippen molar-refractivity contribution in [2.75, 3.05) is 47.4 Å². The second-order valence-corrected chi connectivity index (χ2v) is 6.64. The molecule has 1 saturated carbocycles. The molecule has 0 aromatic heterocycles. The van der Waals surface area contributed by atoms with Crippen LogP contribution in [0.15, 0.2) is 0 Å². The van der Waals surface area contributed by atoms with E-state index in [1.807, 2.05) is 7.05 Å². The minimum Gasteiger partial charge on any atom is -0.468 e. The van der Waals surface area contributed by atoms with Crippen LogP contribution in [0.5, 0.6) is 0 Å². The highest BCUT2D eigenvalue weighted by molar-refractivity contribution is 5.82. The van der Waals surface area contributed by atoms with Crippen molar-refractivity contribution in [2.24, 2.45) is 5.92 Å². The average Bonchev–Trinajstić information content (AvgIpc) is 3.32. The molecule has 1 aliphatic carbocycles. The van der Waals surface area contributed by atoms with Crippen LogP contribution >= 0.6 is 0 Å². The number of carbonyl (C=O) groups excluding carboxylic acids is 1. The Labute approximate surface area is 129 Å². The van der Waals surface area contributed by atoms with Gasteiger partial charge in [-0.05, 0) is 58.8 Å². The maximum atomic E-state index is 12.4. The lowest BCUT2D eigenvalue weighted by Gasteiger charge is -2.39. The van der Waals surface area contributed by atoms with Crippen molar-refractivity contribution in [3.63, 3.8) is 0 Å². The Hall–Kier alpha value is -0.650. The molecule has 1 aliphatic heterocycles. The summed E-state index contributed by atoms with van der Waals surface area (Å²) in [5.74, 6) is 0.327. The Morgan fingerprint density at radius 1 is 1.38 bits per heavy atom. The SMILES string of the molecule is CCC1CN(C)CCCN1CC(NC)(C(=O)OC)C1CC1. The second kappa shape index (κ2) is 7.07. The van der Waals surface area contributed by atoms with Crippen LogP contribution in [0.25, 0.3) is 0 Å². The zero-order valence-corrected chi connectivity index (χ0v) is 14.0. The third kappa shape index (κ3) is 3.58. The predicted molar refractivity (Wildman–Crippen MR) is 84.3 cm³/mol.